The maximum absolute atomic E-state index is 2.58. The molecule has 15 rings (SSSR count). The van der Waals surface area contributed by atoms with Crippen molar-refractivity contribution in [2.75, 3.05) is 0 Å². The standard InChI is InChI=1S/C68H46/c1-3-17-46-39-52(34-32-44(46)15-1)67-59-27-9-5-23-55(59)65(56-24-6-10-28-60(56)67)50-21-13-19-48(41-50)63-37-43-31-36-54(63)64(38-43)49-20-14-22-51(42-49)66-57-25-7-11-29-61(57)68(62-30-12-8-26-58(62)66)53-35-33-45-16-2-4-18-47(45)40-53/h1-30,32-35,37-43,54H,31,36H2. The van der Waals surface area contributed by atoms with Crippen LogP contribution in [0.2, 0.25) is 0 Å². The summed E-state index contributed by atoms with van der Waals surface area (Å²) in [5.41, 5.74) is 15.8. The van der Waals surface area contributed by atoms with Gasteiger partial charge in [-0.2, -0.15) is 0 Å². The fourth-order valence-electron chi connectivity index (χ4n) is 12.2. The minimum Gasteiger partial charge on any atom is -0.0732 e. The Morgan fingerprint density at radius 1 is 0.235 bits per heavy atom. The summed E-state index contributed by atoms with van der Waals surface area (Å²) in [5, 5.41) is 15.3. The molecular formula is C68H46. The van der Waals surface area contributed by atoms with E-state index in [0.29, 0.717) is 11.8 Å². The molecule has 3 aliphatic carbocycles. The highest BCUT2D eigenvalue weighted by atomic mass is 14.4. The lowest BCUT2D eigenvalue weighted by atomic mass is 9.68. The van der Waals surface area contributed by atoms with Crippen molar-refractivity contribution in [3.05, 3.63) is 254 Å². The van der Waals surface area contributed by atoms with Gasteiger partial charge in [0.1, 0.15) is 0 Å². The van der Waals surface area contributed by atoms with Crippen molar-refractivity contribution in [3.63, 3.8) is 0 Å². The molecule has 0 radical (unpaired) electrons. The molecule has 12 aromatic carbocycles. The van der Waals surface area contributed by atoms with Crippen LogP contribution in [0.25, 0.3) is 120 Å². The van der Waals surface area contributed by atoms with Crippen molar-refractivity contribution in [1.82, 2.24) is 0 Å². The lowest BCUT2D eigenvalue weighted by molar-refractivity contribution is 0.556. The Bertz CT molecular complexity index is 3730. The maximum atomic E-state index is 2.58. The van der Waals surface area contributed by atoms with Crippen LogP contribution in [0.1, 0.15) is 24.0 Å². The van der Waals surface area contributed by atoms with Gasteiger partial charge in [-0.15, -0.1) is 0 Å². The van der Waals surface area contributed by atoms with E-state index in [4.69, 9.17) is 0 Å². The van der Waals surface area contributed by atoms with E-state index in [2.05, 4.69) is 243 Å². The molecule has 0 aromatic heterocycles. The largest absolute Gasteiger partial charge is 0.0732 e. The monoisotopic (exact) mass is 862 g/mol. The maximum Gasteiger partial charge on any atom is 0.00956 e. The van der Waals surface area contributed by atoms with E-state index >= 15 is 0 Å². The number of hydrogen-bond acceptors (Lipinski definition) is 0. The van der Waals surface area contributed by atoms with Gasteiger partial charge in [0.2, 0.25) is 0 Å². The minimum atomic E-state index is 0.318. The molecule has 0 N–H and O–H groups in total. The highest BCUT2D eigenvalue weighted by Gasteiger charge is 2.33. The van der Waals surface area contributed by atoms with Crippen molar-refractivity contribution >= 4 is 75.8 Å². The summed E-state index contributed by atoms with van der Waals surface area (Å²) >= 11 is 0. The molecular weight excluding hydrogens is 817 g/mol. The molecule has 12 aromatic rings. The third-order valence-corrected chi connectivity index (χ3v) is 15.2. The zero-order valence-electron chi connectivity index (χ0n) is 37.7. The number of benzene rings is 12. The van der Waals surface area contributed by atoms with Crippen molar-refractivity contribution < 1.29 is 0 Å². The van der Waals surface area contributed by atoms with Gasteiger partial charge >= 0.3 is 0 Å². The summed E-state index contributed by atoms with van der Waals surface area (Å²) in [4.78, 5) is 0. The van der Waals surface area contributed by atoms with E-state index in [1.807, 2.05) is 0 Å². The van der Waals surface area contributed by atoms with Crippen LogP contribution in [-0.2, 0) is 0 Å². The van der Waals surface area contributed by atoms with E-state index in [9.17, 15) is 0 Å². The van der Waals surface area contributed by atoms with Crippen LogP contribution >= 0.6 is 0 Å². The summed E-state index contributed by atoms with van der Waals surface area (Å²) in [6.45, 7) is 0. The third-order valence-electron chi connectivity index (χ3n) is 15.2. The van der Waals surface area contributed by atoms with Crippen LogP contribution in [0.5, 0.6) is 0 Å². The fraction of sp³-hybridized carbons (Fsp3) is 0.0588. The Hall–Kier alpha value is -8.32. The smallest absolute Gasteiger partial charge is 0.00956 e. The van der Waals surface area contributed by atoms with Gasteiger partial charge in [-0.3, -0.25) is 0 Å². The first kappa shape index (κ1) is 38.9. The van der Waals surface area contributed by atoms with Crippen molar-refractivity contribution in [2.45, 2.75) is 12.8 Å². The van der Waals surface area contributed by atoms with Gasteiger partial charge in [-0.25, -0.2) is 0 Å². The van der Waals surface area contributed by atoms with Gasteiger partial charge in [0.15, 0.2) is 0 Å². The van der Waals surface area contributed by atoms with Crippen LogP contribution < -0.4 is 0 Å². The van der Waals surface area contributed by atoms with Gasteiger partial charge in [-0.1, -0.05) is 218 Å². The van der Waals surface area contributed by atoms with Crippen LogP contribution in [0.3, 0.4) is 0 Å². The van der Waals surface area contributed by atoms with Crippen LogP contribution in [0, 0.1) is 11.8 Å². The topological polar surface area (TPSA) is 0 Å². The zero-order chi connectivity index (χ0) is 44.7. The molecule has 0 heterocycles. The predicted molar refractivity (Wildman–Crippen MR) is 292 cm³/mol. The van der Waals surface area contributed by atoms with Crippen molar-refractivity contribution in [2.24, 2.45) is 11.8 Å². The zero-order valence-corrected chi connectivity index (χ0v) is 37.7. The van der Waals surface area contributed by atoms with Gasteiger partial charge in [0, 0.05) is 5.92 Å². The van der Waals surface area contributed by atoms with Crippen molar-refractivity contribution in [3.8, 4) is 44.5 Å². The van der Waals surface area contributed by atoms with E-state index in [-0.39, 0.29) is 0 Å². The second kappa shape index (κ2) is 15.7. The first-order chi connectivity index (χ1) is 33.7. The molecule has 68 heavy (non-hydrogen) atoms. The number of fused-ring (bicyclic) bond motifs is 7. The third kappa shape index (κ3) is 6.21. The lowest BCUT2D eigenvalue weighted by Crippen LogP contribution is -2.20. The van der Waals surface area contributed by atoms with E-state index in [1.54, 1.807) is 0 Å². The summed E-state index contributed by atoms with van der Waals surface area (Å²) in [5.74, 6) is 0.723. The summed E-state index contributed by atoms with van der Waals surface area (Å²) in [6.07, 6.45) is 7.49. The second-order valence-corrected chi connectivity index (χ2v) is 19.0. The molecule has 0 aliphatic heterocycles. The number of rotatable bonds is 6. The molecule has 0 amide bonds. The molecule has 3 aliphatic rings. The lowest BCUT2D eigenvalue weighted by Gasteiger charge is -2.36. The molecule has 0 nitrogen and oxygen atoms in total. The van der Waals surface area contributed by atoms with Gasteiger partial charge in [0.25, 0.3) is 0 Å². The first-order valence-corrected chi connectivity index (χ1v) is 24.2. The average molecular weight is 863 g/mol. The van der Waals surface area contributed by atoms with E-state index in [1.165, 1.54) is 138 Å². The summed E-state index contributed by atoms with van der Waals surface area (Å²) in [7, 11) is 0. The second-order valence-electron chi connectivity index (χ2n) is 19.0. The predicted octanol–water partition coefficient (Wildman–Crippen LogP) is 18.8. The summed E-state index contributed by atoms with van der Waals surface area (Å²) < 4.78 is 0. The summed E-state index contributed by atoms with van der Waals surface area (Å²) in [6, 6.07) is 86.3. The van der Waals surface area contributed by atoms with Gasteiger partial charge < -0.3 is 0 Å². The molecule has 0 saturated carbocycles. The molecule has 2 bridgehead atoms. The molecule has 0 saturated heterocycles. The SMILES string of the molecule is C1=C(c2cccc(-c3c4ccccc4c(-c4ccc5ccccc5c4)c4ccccc34)c2)C2CCC1C=C2c1cccc(-c2c3ccccc3c(-c3ccc4ccccc4c3)c3ccccc23)c1. The van der Waals surface area contributed by atoms with Gasteiger partial charge in [0.05, 0.1) is 0 Å². The Morgan fingerprint density at radius 3 is 0.897 bits per heavy atom. The number of allylic oxidation sites excluding steroid dienone is 4. The Balaban J connectivity index is 0.867. The van der Waals surface area contributed by atoms with Crippen molar-refractivity contribution in [1.29, 1.82) is 0 Å². The number of hydrogen-bond donors (Lipinski definition) is 0. The highest BCUT2D eigenvalue weighted by molar-refractivity contribution is 6.23. The molecule has 0 unspecified atom stereocenters. The first-order valence-electron chi connectivity index (χ1n) is 24.2. The van der Waals surface area contributed by atoms with Gasteiger partial charge in [-0.05, 0) is 174 Å². The van der Waals surface area contributed by atoms with Crippen LogP contribution in [0.15, 0.2) is 243 Å². The minimum absolute atomic E-state index is 0.318. The fourth-order valence-corrected chi connectivity index (χ4v) is 12.2. The molecule has 0 heteroatoms. The quantitative estimate of drug-likeness (QED) is 0.146. The molecule has 0 spiro atoms. The van der Waals surface area contributed by atoms with E-state index in [0.717, 1.165) is 6.42 Å². The molecule has 0 fully saturated rings. The molecule has 0 atom stereocenters. The Labute approximate surface area is 396 Å². The Morgan fingerprint density at radius 2 is 0.544 bits per heavy atom. The van der Waals surface area contributed by atoms with E-state index < -0.39 is 0 Å². The average Bonchev–Trinajstić information content (AvgIpc) is 3.41. The molecule has 318 valence electrons. The Kier molecular flexibility index (Phi) is 8.95. The normalized spacial score (nSPS) is 15.7. The van der Waals surface area contributed by atoms with Crippen LogP contribution in [0.4, 0.5) is 0 Å². The van der Waals surface area contributed by atoms with Crippen LogP contribution in [-0.4, -0.2) is 0 Å². The highest BCUT2D eigenvalue weighted by Crippen LogP contribution is 2.51.